The number of aromatic nitrogens is 2. The lowest BCUT2D eigenvalue weighted by Crippen LogP contribution is -2.62. The molecule has 0 unspecified atom stereocenters. The van der Waals surface area contributed by atoms with E-state index in [1.54, 1.807) is 32.4 Å². The van der Waals surface area contributed by atoms with Crippen molar-refractivity contribution in [2.45, 2.75) is 37.8 Å². The Kier molecular flexibility index (Phi) is 7.11. The number of amides is 1. The average Bonchev–Trinajstić information content (AvgIpc) is 3.36. The minimum atomic E-state index is -0.115. The first-order chi connectivity index (χ1) is 16.5. The van der Waals surface area contributed by atoms with Crippen LogP contribution in [0.25, 0.3) is 10.9 Å². The standard InChI is InChI=1S/C24H29N5O5.ClH/c1-31-19-12-14-15(13-20(19)32-2)26-24(27-22(14)25)29-11-10-28(16-6-4-5-7-17(16)29)23(30)18-8-9-21(33-3)34-18;/h8-9,12-13,16-17H,4-7,10-11H2,1-3H3,(H2,25,26,27);1H/t16-,17-;/m0./s1. The van der Waals surface area contributed by atoms with Gasteiger partial charge < -0.3 is 34.2 Å². The molecule has 10 nitrogen and oxygen atoms in total. The molecule has 5 rings (SSSR count). The van der Waals surface area contributed by atoms with Gasteiger partial charge in [-0.15, -0.1) is 12.4 Å². The molecular weight excluding hydrogens is 474 g/mol. The van der Waals surface area contributed by atoms with E-state index in [9.17, 15) is 4.79 Å². The van der Waals surface area contributed by atoms with Gasteiger partial charge in [0.25, 0.3) is 11.9 Å². The summed E-state index contributed by atoms with van der Waals surface area (Å²) in [5, 5.41) is 0.710. The van der Waals surface area contributed by atoms with E-state index in [-0.39, 0.29) is 30.4 Å². The molecule has 1 saturated heterocycles. The van der Waals surface area contributed by atoms with Gasteiger partial charge in [-0.1, -0.05) is 12.8 Å². The highest BCUT2D eigenvalue weighted by atomic mass is 35.5. The van der Waals surface area contributed by atoms with Gasteiger partial charge in [0, 0.05) is 30.6 Å². The highest BCUT2D eigenvalue weighted by Crippen LogP contribution is 2.37. The number of furan rings is 1. The summed E-state index contributed by atoms with van der Waals surface area (Å²) in [5.74, 6) is 2.62. The van der Waals surface area contributed by atoms with E-state index in [0.717, 1.165) is 25.7 Å². The number of nitrogen functional groups attached to an aromatic ring is 1. The molecular formula is C24H30ClN5O5. The van der Waals surface area contributed by atoms with Crippen molar-refractivity contribution in [1.82, 2.24) is 14.9 Å². The van der Waals surface area contributed by atoms with E-state index in [4.69, 9.17) is 29.3 Å². The Balaban J connectivity index is 0.00000289. The highest BCUT2D eigenvalue weighted by Gasteiger charge is 2.42. The number of hydrogen-bond acceptors (Lipinski definition) is 9. The van der Waals surface area contributed by atoms with Gasteiger partial charge in [0.1, 0.15) is 5.82 Å². The summed E-state index contributed by atoms with van der Waals surface area (Å²) in [5.41, 5.74) is 7.04. The van der Waals surface area contributed by atoms with Gasteiger partial charge in [-0.05, 0) is 25.0 Å². The van der Waals surface area contributed by atoms with Crippen molar-refractivity contribution in [2.75, 3.05) is 45.1 Å². The third kappa shape index (κ3) is 4.38. The largest absolute Gasteiger partial charge is 0.493 e. The molecule has 1 amide bonds. The Hall–Kier alpha value is -3.40. The summed E-state index contributed by atoms with van der Waals surface area (Å²) in [4.78, 5) is 26.9. The van der Waals surface area contributed by atoms with Crippen molar-refractivity contribution in [3.63, 3.8) is 0 Å². The van der Waals surface area contributed by atoms with Gasteiger partial charge in [-0.2, -0.15) is 4.98 Å². The Morgan fingerprint density at radius 3 is 2.40 bits per heavy atom. The van der Waals surface area contributed by atoms with Gasteiger partial charge in [-0.3, -0.25) is 4.79 Å². The van der Waals surface area contributed by atoms with Crippen molar-refractivity contribution in [3.05, 3.63) is 30.0 Å². The van der Waals surface area contributed by atoms with Crippen molar-refractivity contribution >= 4 is 41.0 Å². The zero-order valence-corrected chi connectivity index (χ0v) is 20.8. The lowest BCUT2D eigenvalue weighted by atomic mass is 9.86. The van der Waals surface area contributed by atoms with E-state index >= 15 is 0 Å². The molecule has 0 radical (unpaired) electrons. The van der Waals surface area contributed by atoms with Crippen LogP contribution in [0.4, 0.5) is 11.8 Å². The topological polar surface area (TPSA) is 116 Å². The van der Waals surface area contributed by atoms with Crippen LogP contribution in [0.1, 0.15) is 36.2 Å². The molecule has 0 spiro atoms. The van der Waals surface area contributed by atoms with E-state index in [0.29, 0.717) is 59.0 Å². The Labute approximate surface area is 209 Å². The monoisotopic (exact) mass is 503 g/mol. The number of piperazine rings is 1. The zero-order valence-electron chi connectivity index (χ0n) is 20.0. The minimum Gasteiger partial charge on any atom is -0.493 e. The summed E-state index contributed by atoms with van der Waals surface area (Å²) in [6, 6.07) is 7.08. The van der Waals surface area contributed by atoms with E-state index in [2.05, 4.69) is 9.88 Å². The predicted molar refractivity (Wildman–Crippen MR) is 134 cm³/mol. The second kappa shape index (κ2) is 10.1. The zero-order chi connectivity index (χ0) is 23.8. The van der Waals surface area contributed by atoms with Crippen LogP contribution in [-0.4, -0.2) is 67.3 Å². The summed E-state index contributed by atoms with van der Waals surface area (Å²) >= 11 is 0. The number of carbonyl (C=O) groups is 1. The lowest BCUT2D eigenvalue weighted by Gasteiger charge is -2.49. The molecule has 1 saturated carbocycles. The molecule has 2 aliphatic rings. The van der Waals surface area contributed by atoms with E-state index < -0.39 is 0 Å². The van der Waals surface area contributed by atoms with Crippen molar-refractivity contribution in [1.29, 1.82) is 0 Å². The van der Waals surface area contributed by atoms with Crippen LogP contribution in [0, 0.1) is 0 Å². The van der Waals surface area contributed by atoms with Crippen LogP contribution >= 0.6 is 12.4 Å². The predicted octanol–water partition coefficient (Wildman–Crippen LogP) is 3.53. The normalized spacial score (nSPS) is 19.6. The van der Waals surface area contributed by atoms with Gasteiger partial charge in [0.2, 0.25) is 5.95 Å². The van der Waals surface area contributed by atoms with Crippen molar-refractivity contribution in [2.24, 2.45) is 0 Å². The number of halogens is 1. The molecule has 3 heterocycles. The van der Waals surface area contributed by atoms with E-state index in [1.807, 2.05) is 11.0 Å². The number of ether oxygens (including phenoxy) is 3. The molecule has 1 aliphatic heterocycles. The summed E-state index contributed by atoms with van der Waals surface area (Å²) in [7, 11) is 4.69. The molecule has 3 aromatic rings. The minimum absolute atomic E-state index is 0. The van der Waals surface area contributed by atoms with Crippen LogP contribution in [0.2, 0.25) is 0 Å². The number of nitrogens with zero attached hydrogens (tertiary/aromatic N) is 4. The first kappa shape index (κ1) is 24.7. The maximum absolute atomic E-state index is 13.3. The molecule has 11 heteroatoms. The second-order valence-corrected chi connectivity index (χ2v) is 8.57. The second-order valence-electron chi connectivity index (χ2n) is 8.57. The number of carbonyl (C=O) groups excluding carboxylic acids is 1. The molecule has 2 aromatic heterocycles. The fourth-order valence-electron chi connectivity index (χ4n) is 5.15. The number of hydrogen-bond donors (Lipinski definition) is 1. The molecule has 35 heavy (non-hydrogen) atoms. The van der Waals surface area contributed by atoms with Crippen LogP contribution in [0.5, 0.6) is 17.4 Å². The molecule has 2 N–H and O–H groups in total. The molecule has 1 aliphatic carbocycles. The van der Waals surface area contributed by atoms with Crippen LogP contribution in [-0.2, 0) is 0 Å². The van der Waals surface area contributed by atoms with Gasteiger partial charge in [0.05, 0.1) is 38.9 Å². The third-order valence-corrected chi connectivity index (χ3v) is 6.81. The Bertz CT molecular complexity index is 1220. The number of anilines is 2. The van der Waals surface area contributed by atoms with Crippen LogP contribution < -0.4 is 24.8 Å². The van der Waals surface area contributed by atoms with Crippen LogP contribution in [0.3, 0.4) is 0 Å². The molecule has 0 bridgehead atoms. The Morgan fingerprint density at radius 2 is 1.71 bits per heavy atom. The number of rotatable bonds is 5. The first-order valence-electron chi connectivity index (χ1n) is 11.4. The first-order valence-corrected chi connectivity index (χ1v) is 11.4. The number of nitrogens with two attached hydrogens (primary N) is 1. The van der Waals surface area contributed by atoms with Crippen LogP contribution in [0.15, 0.2) is 28.7 Å². The number of benzene rings is 1. The highest BCUT2D eigenvalue weighted by molar-refractivity contribution is 5.93. The third-order valence-electron chi connectivity index (χ3n) is 6.81. The quantitative estimate of drug-likeness (QED) is 0.558. The fourth-order valence-corrected chi connectivity index (χ4v) is 5.15. The molecule has 2 atom stereocenters. The SMILES string of the molecule is COc1ccc(C(=O)N2CCN(c3nc(N)c4cc(OC)c(OC)cc4n3)[C@H]3CCCC[C@@H]32)o1.Cl. The molecule has 188 valence electrons. The average molecular weight is 504 g/mol. The summed E-state index contributed by atoms with van der Waals surface area (Å²) in [6.45, 7) is 1.14. The maximum Gasteiger partial charge on any atom is 0.290 e. The Morgan fingerprint density at radius 1 is 1.00 bits per heavy atom. The smallest absolute Gasteiger partial charge is 0.290 e. The van der Waals surface area contributed by atoms with Gasteiger partial charge in [-0.25, -0.2) is 4.98 Å². The molecule has 2 fully saturated rings. The van der Waals surface area contributed by atoms with Crippen molar-refractivity contribution < 1.29 is 23.4 Å². The summed E-state index contributed by atoms with van der Waals surface area (Å²) in [6.07, 6.45) is 4.02. The lowest BCUT2D eigenvalue weighted by molar-refractivity contribution is 0.0503. The van der Waals surface area contributed by atoms with E-state index in [1.165, 1.54) is 7.11 Å². The molecule has 1 aromatic carbocycles. The van der Waals surface area contributed by atoms with Crippen molar-refractivity contribution in [3.8, 4) is 17.4 Å². The number of fused-ring (bicyclic) bond motifs is 2. The maximum atomic E-state index is 13.3. The van der Waals surface area contributed by atoms with Gasteiger partial charge in [0.15, 0.2) is 17.3 Å². The van der Waals surface area contributed by atoms with Gasteiger partial charge >= 0.3 is 0 Å². The summed E-state index contributed by atoms with van der Waals surface area (Å²) < 4.78 is 21.5. The fraction of sp³-hybridized carbons (Fsp3) is 0.458. The number of methoxy groups -OCH3 is 3.